The summed E-state index contributed by atoms with van der Waals surface area (Å²) in [5.41, 5.74) is 4.55. The number of nitrogens with zero attached hydrogens (tertiary/aromatic N) is 5. The van der Waals surface area contributed by atoms with E-state index in [1.54, 1.807) is 23.9 Å². The van der Waals surface area contributed by atoms with Gasteiger partial charge in [0.25, 0.3) is 5.91 Å². The number of likely N-dealkylation sites (N-methyl/N-ethyl adjacent to an activating group) is 1. The van der Waals surface area contributed by atoms with E-state index in [4.69, 9.17) is 4.74 Å². The van der Waals surface area contributed by atoms with Crippen LogP contribution < -0.4 is 5.32 Å². The van der Waals surface area contributed by atoms with Crippen LogP contribution >= 0.6 is 0 Å². The Bertz CT molecular complexity index is 1450. The molecule has 3 aromatic rings. The molecule has 2 heterocycles. The van der Waals surface area contributed by atoms with E-state index in [2.05, 4.69) is 15.1 Å². The molecule has 0 unspecified atom stereocenters. The van der Waals surface area contributed by atoms with Gasteiger partial charge in [-0.2, -0.15) is 0 Å². The minimum Gasteiger partial charge on any atom is -0.446 e. The molecular weight excluding hydrogens is 580 g/mol. The number of hydrogen-bond donors (Lipinski definition) is 1. The van der Waals surface area contributed by atoms with E-state index in [-0.39, 0.29) is 18.0 Å². The first kappa shape index (κ1) is 33.0. The van der Waals surface area contributed by atoms with Crippen LogP contribution in [0.15, 0.2) is 78.9 Å². The number of carbonyl (C=O) groups is 3. The molecule has 0 spiro atoms. The van der Waals surface area contributed by atoms with E-state index in [0.29, 0.717) is 12.1 Å². The Balaban J connectivity index is 1.01. The van der Waals surface area contributed by atoms with Crippen LogP contribution in [0.4, 0.5) is 15.3 Å². The molecule has 0 aromatic heterocycles. The molecule has 2 aliphatic heterocycles. The number of likely N-dealkylation sites (tertiary alicyclic amines) is 1. The third kappa shape index (κ3) is 8.86. The van der Waals surface area contributed by atoms with Crippen LogP contribution in [0.25, 0.3) is 11.1 Å². The van der Waals surface area contributed by atoms with Crippen molar-refractivity contribution < 1.29 is 19.1 Å². The number of piperidine rings is 1. The third-order valence-electron chi connectivity index (χ3n) is 8.79. The second-order valence-electron chi connectivity index (χ2n) is 12.3. The molecule has 2 saturated heterocycles. The Morgan fingerprint density at radius 2 is 1.43 bits per heavy atom. The Morgan fingerprint density at radius 1 is 0.783 bits per heavy atom. The molecule has 1 N–H and O–H groups in total. The van der Waals surface area contributed by atoms with Crippen molar-refractivity contribution in [2.24, 2.45) is 0 Å². The van der Waals surface area contributed by atoms with Crippen LogP contribution in [0.5, 0.6) is 0 Å². The minimum atomic E-state index is -0.433. The number of hydrogen-bond acceptors (Lipinski definition) is 6. The number of urea groups is 1. The predicted molar refractivity (Wildman–Crippen MR) is 181 cm³/mol. The normalized spacial score (nSPS) is 16.1. The fraction of sp³-hybridized carbons (Fsp3) is 0.417. The maximum absolute atomic E-state index is 13.1. The van der Waals surface area contributed by atoms with E-state index < -0.39 is 6.09 Å². The molecule has 3 aromatic carbocycles. The van der Waals surface area contributed by atoms with Crippen LogP contribution in [0.2, 0.25) is 0 Å². The summed E-state index contributed by atoms with van der Waals surface area (Å²) in [7, 11) is 5.41. The second-order valence-corrected chi connectivity index (χ2v) is 12.3. The zero-order valence-electron chi connectivity index (χ0n) is 27.2. The maximum atomic E-state index is 13.1. The van der Waals surface area contributed by atoms with E-state index in [9.17, 15) is 14.4 Å². The van der Waals surface area contributed by atoms with Crippen molar-refractivity contribution in [1.82, 2.24) is 24.5 Å². The molecule has 0 bridgehead atoms. The van der Waals surface area contributed by atoms with E-state index in [0.717, 1.165) is 87.6 Å². The van der Waals surface area contributed by atoms with E-state index in [1.165, 1.54) is 0 Å². The van der Waals surface area contributed by atoms with Gasteiger partial charge in [-0.25, -0.2) is 9.59 Å². The number of amides is 4. The SMILES string of the molecule is CN(C)C(=O)N1CCN(Cc2ccc(C(=O)N(C)CCN3CCC(OC(=O)Nc4ccccc4-c4ccccc4)CC3)cc2)CC1. The molecule has 0 radical (unpaired) electrons. The maximum Gasteiger partial charge on any atom is 0.411 e. The summed E-state index contributed by atoms with van der Waals surface area (Å²) >= 11 is 0. The molecule has 10 heteroatoms. The third-order valence-corrected chi connectivity index (χ3v) is 8.79. The summed E-state index contributed by atoms with van der Waals surface area (Å²) in [4.78, 5) is 48.0. The highest BCUT2D eigenvalue weighted by Crippen LogP contribution is 2.28. The van der Waals surface area contributed by atoms with Gasteiger partial charge >= 0.3 is 12.1 Å². The molecule has 244 valence electrons. The lowest BCUT2D eigenvalue weighted by molar-refractivity contribution is 0.0540. The zero-order valence-corrected chi connectivity index (χ0v) is 27.2. The van der Waals surface area contributed by atoms with Gasteiger partial charge in [-0.05, 0) is 42.2 Å². The summed E-state index contributed by atoms with van der Waals surface area (Å²) in [6, 6.07) is 25.6. The van der Waals surface area contributed by atoms with Gasteiger partial charge in [0.15, 0.2) is 0 Å². The van der Waals surface area contributed by atoms with Crippen LogP contribution in [-0.4, -0.2) is 122 Å². The van der Waals surface area contributed by atoms with Crippen molar-refractivity contribution in [3.05, 3.63) is 90.0 Å². The molecule has 0 saturated carbocycles. The number of ether oxygens (including phenoxy) is 1. The zero-order chi connectivity index (χ0) is 32.5. The Morgan fingerprint density at radius 3 is 2.11 bits per heavy atom. The molecule has 10 nitrogen and oxygen atoms in total. The van der Waals surface area contributed by atoms with Crippen molar-refractivity contribution in [2.75, 3.05) is 78.8 Å². The van der Waals surface area contributed by atoms with Crippen molar-refractivity contribution in [3.63, 3.8) is 0 Å². The van der Waals surface area contributed by atoms with Gasteiger partial charge < -0.3 is 24.3 Å². The molecule has 0 atom stereocenters. The van der Waals surface area contributed by atoms with Crippen molar-refractivity contribution in [3.8, 4) is 11.1 Å². The molecule has 2 aliphatic rings. The fourth-order valence-corrected chi connectivity index (χ4v) is 6.01. The van der Waals surface area contributed by atoms with Crippen molar-refractivity contribution >= 4 is 23.7 Å². The van der Waals surface area contributed by atoms with Gasteiger partial charge in [0.1, 0.15) is 6.10 Å². The van der Waals surface area contributed by atoms with E-state index >= 15 is 0 Å². The number of carbonyl (C=O) groups excluding carboxylic acids is 3. The van der Waals surface area contributed by atoms with Gasteiger partial charge in [-0.1, -0.05) is 60.7 Å². The highest BCUT2D eigenvalue weighted by atomic mass is 16.6. The lowest BCUT2D eigenvalue weighted by Gasteiger charge is -2.36. The Hall–Kier alpha value is -4.41. The topological polar surface area (TPSA) is 88.7 Å². The number of anilines is 1. The van der Waals surface area contributed by atoms with Crippen molar-refractivity contribution in [2.45, 2.75) is 25.5 Å². The smallest absolute Gasteiger partial charge is 0.411 e. The average molecular weight is 627 g/mol. The van der Waals surface area contributed by atoms with E-state index in [1.807, 2.05) is 90.8 Å². The molecular formula is C36H46N6O4. The van der Waals surface area contributed by atoms with Crippen LogP contribution in [-0.2, 0) is 11.3 Å². The Kier molecular flexibility index (Phi) is 11.3. The summed E-state index contributed by atoms with van der Waals surface area (Å²) < 4.78 is 5.77. The first-order chi connectivity index (χ1) is 22.3. The molecule has 4 amide bonds. The minimum absolute atomic E-state index is 0.00744. The molecule has 0 aliphatic carbocycles. The average Bonchev–Trinajstić information content (AvgIpc) is 3.08. The lowest BCUT2D eigenvalue weighted by atomic mass is 10.0. The highest BCUT2D eigenvalue weighted by Gasteiger charge is 2.24. The van der Waals surface area contributed by atoms with Crippen LogP contribution in [0, 0.1) is 0 Å². The largest absolute Gasteiger partial charge is 0.446 e. The van der Waals surface area contributed by atoms with Gasteiger partial charge in [-0.15, -0.1) is 0 Å². The highest BCUT2D eigenvalue weighted by molar-refractivity contribution is 5.94. The number of piperazine rings is 1. The quantitative estimate of drug-likeness (QED) is 0.362. The second kappa shape index (κ2) is 15.7. The number of para-hydroxylation sites is 1. The first-order valence-electron chi connectivity index (χ1n) is 16.1. The van der Waals surface area contributed by atoms with Gasteiger partial charge in [0, 0.05) is 91.2 Å². The summed E-state index contributed by atoms with van der Waals surface area (Å²) in [5.74, 6) is 0.00744. The standard InChI is InChI=1S/C36H46N6O4/c1-38(2)36(45)42-25-23-41(24-26-42)27-28-13-15-30(16-14-28)34(43)39(3)21-22-40-19-17-31(18-20-40)46-35(44)37-33-12-8-7-11-32(33)29-9-5-4-6-10-29/h4-16,31H,17-27H2,1-3H3,(H,37,44). The van der Waals surface area contributed by atoms with Crippen LogP contribution in [0.1, 0.15) is 28.8 Å². The Labute approximate surface area is 272 Å². The lowest BCUT2D eigenvalue weighted by Crippen LogP contribution is -2.51. The first-order valence-corrected chi connectivity index (χ1v) is 16.1. The molecule has 5 rings (SSSR count). The number of benzene rings is 3. The van der Waals surface area contributed by atoms with Gasteiger partial charge in [-0.3, -0.25) is 15.0 Å². The number of rotatable bonds is 9. The van der Waals surface area contributed by atoms with Crippen LogP contribution in [0.3, 0.4) is 0 Å². The van der Waals surface area contributed by atoms with Crippen molar-refractivity contribution in [1.29, 1.82) is 0 Å². The summed E-state index contributed by atoms with van der Waals surface area (Å²) in [6.07, 6.45) is 0.946. The summed E-state index contributed by atoms with van der Waals surface area (Å²) in [5, 5.41) is 2.93. The number of nitrogens with one attached hydrogen (secondary N) is 1. The molecule has 46 heavy (non-hydrogen) atoms. The predicted octanol–water partition coefficient (Wildman–Crippen LogP) is 4.94. The fourth-order valence-electron chi connectivity index (χ4n) is 6.01. The monoisotopic (exact) mass is 626 g/mol. The molecule has 2 fully saturated rings. The van der Waals surface area contributed by atoms with Gasteiger partial charge in [0.05, 0.1) is 5.69 Å². The van der Waals surface area contributed by atoms with Gasteiger partial charge in [0.2, 0.25) is 0 Å². The summed E-state index contributed by atoms with van der Waals surface area (Å²) in [6.45, 7) is 6.94.